The van der Waals surface area contributed by atoms with Gasteiger partial charge in [-0.25, -0.2) is 0 Å². The molecule has 28 heavy (non-hydrogen) atoms. The number of imide groups is 1. The lowest BCUT2D eigenvalue weighted by Crippen LogP contribution is -2.39. The second-order valence-corrected chi connectivity index (χ2v) is 6.78. The number of nitrogens with zero attached hydrogens (tertiary/aromatic N) is 2. The maximum absolute atomic E-state index is 12.5. The minimum Gasteiger partial charge on any atom is -0.345 e. The summed E-state index contributed by atoms with van der Waals surface area (Å²) in [5.74, 6) is -2.24. The topological polar surface area (TPSA) is 66.9 Å². The number of likely N-dealkylation sites (N-methyl/N-ethyl adjacent to an activating group) is 1. The number of rotatable bonds is 4. The number of hydroxylamine groups is 2. The SMILES string of the molecule is CN(C)C(=O)/C=C/c1ccc2c3c(cccc13)C(=O)N(OSC(F)(F)F)C2=O. The van der Waals surface area contributed by atoms with Crippen LogP contribution in [0.25, 0.3) is 16.8 Å². The van der Waals surface area contributed by atoms with E-state index in [2.05, 4.69) is 4.28 Å². The number of alkyl halides is 3. The first kappa shape index (κ1) is 19.9. The first-order valence-electron chi connectivity index (χ1n) is 7.86. The van der Waals surface area contributed by atoms with Crippen molar-refractivity contribution in [1.82, 2.24) is 9.96 Å². The summed E-state index contributed by atoms with van der Waals surface area (Å²) in [6.07, 6.45) is 2.88. The second kappa shape index (κ2) is 7.28. The van der Waals surface area contributed by atoms with Gasteiger partial charge in [-0.3, -0.25) is 14.4 Å². The molecular weight excluding hydrogens is 397 g/mol. The third kappa shape index (κ3) is 3.73. The molecule has 1 aliphatic rings. The van der Waals surface area contributed by atoms with Gasteiger partial charge >= 0.3 is 5.51 Å². The molecule has 0 N–H and O–H groups in total. The predicted molar refractivity (Wildman–Crippen MR) is 96.9 cm³/mol. The Kier molecular flexibility index (Phi) is 5.18. The first-order chi connectivity index (χ1) is 13.1. The zero-order chi connectivity index (χ0) is 20.6. The van der Waals surface area contributed by atoms with Crippen LogP contribution < -0.4 is 0 Å². The van der Waals surface area contributed by atoms with E-state index in [4.69, 9.17) is 0 Å². The number of amides is 3. The Hall–Kier alpha value is -2.85. The quantitative estimate of drug-likeness (QED) is 0.438. The molecule has 146 valence electrons. The summed E-state index contributed by atoms with van der Waals surface area (Å²) >= 11 is -0.940. The fourth-order valence-corrected chi connectivity index (χ4v) is 2.99. The van der Waals surface area contributed by atoms with E-state index in [1.54, 1.807) is 32.3 Å². The molecule has 6 nitrogen and oxygen atoms in total. The molecule has 0 saturated heterocycles. The largest absolute Gasteiger partial charge is 0.470 e. The minimum absolute atomic E-state index is 0.0315. The highest BCUT2D eigenvalue weighted by atomic mass is 32.2. The van der Waals surface area contributed by atoms with Crippen molar-refractivity contribution < 1.29 is 31.8 Å². The smallest absolute Gasteiger partial charge is 0.345 e. The van der Waals surface area contributed by atoms with E-state index in [9.17, 15) is 27.6 Å². The summed E-state index contributed by atoms with van der Waals surface area (Å²) in [6.45, 7) is 0. The van der Waals surface area contributed by atoms with Crippen LogP contribution in [0.5, 0.6) is 0 Å². The van der Waals surface area contributed by atoms with E-state index >= 15 is 0 Å². The Balaban J connectivity index is 2.06. The van der Waals surface area contributed by atoms with Crippen LogP contribution in [0.1, 0.15) is 26.3 Å². The van der Waals surface area contributed by atoms with Gasteiger partial charge in [-0.1, -0.05) is 18.2 Å². The molecule has 0 spiro atoms. The van der Waals surface area contributed by atoms with Gasteiger partial charge < -0.3 is 4.90 Å². The molecule has 0 fully saturated rings. The van der Waals surface area contributed by atoms with Crippen molar-refractivity contribution in [2.45, 2.75) is 5.51 Å². The van der Waals surface area contributed by atoms with Crippen LogP contribution in [-0.4, -0.2) is 47.3 Å². The fourth-order valence-electron chi connectivity index (χ4n) is 2.70. The molecule has 0 atom stereocenters. The first-order valence-corrected chi connectivity index (χ1v) is 8.60. The van der Waals surface area contributed by atoms with Crippen molar-refractivity contribution in [2.24, 2.45) is 0 Å². The monoisotopic (exact) mass is 410 g/mol. The summed E-state index contributed by atoms with van der Waals surface area (Å²) in [4.78, 5) is 38.2. The molecule has 2 aromatic rings. The van der Waals surface area contributed by atoms with Crippen LogP contribution in [0.15, 0.2) is 36.4 Å². The Labute approximate surface area is 161 Å². The molecule has 0 aliphatic carbocycles. The van der Waals surface area contributed by atoms with Gasteiger partial charge in [0.2, 0.25) is 5.91 Å². The zero-order valence-corrected chi connectivity index (χ0v) is 15.4. The summed E-state index contributed by atoms with van der Waals surface area (Å²) in [5, 5.41) is 0.914. The number of carbonyl (C=O) groups excluding carboxylic acids is 3. The summed E-state index contributed by atoms with van der Waals surface area (Å²) in [7, 11) is 3.18. The van der Waals surface area contributed by atoms with Gasteiger partial charge in [-0.15, -0.1) is 5.06 Å². The van der Waals surface area contributed by atoms with Gasteiger partial charge in [0.15, 0.2) is 0 Å². The highest BCUT2D eigenvalue weighted by Gasteiger charge is 2.39. The van der Waals surface area contributed by atoms with Gasteiger partial charge in [0, 0.05) is 25.6 Å². The Bertz CT molecular complexity index is 996. The van der Waals surface area contributed by atoms with Gasteiger partial charge in [0.05, 0.1) is 11.1 Å². The van der Waals surface area contributed by atoms with Gasteiger partial charge in [0.25, 0.3) is 11.8 Å². The Morgan fingerprint density at radius 3 is 2.36 bits per heavy atom. The molecule has 10 heteroatoms. The standard InChI is InChI=1S/C18H13F3N2O4S/c1-22(2)14(24)9-7-10-6-8-13-15-11(10)4-3-5-12(15)16(25)23(17(13)26)27-28-18(19,20)21/h3-9H,1-2H3/b9-7+. The lowest BCUT2D eigenvalue weighted by molar-refractivity contribution is -0.123. The predicted octanol–water partition coefficient (Wildman–Crippen LogP) is 3.64. The summed E-state index contributed by atoms with van der Waals surface area (Å²) < 4.78 is 41.6. The molecular formula is C18H13F3N2O4S. The van der Waals surface area contributed by atoms with E-state index in [0.29, 0.717) is 16.3 Å². The normalized spacial score (nSPS) is 14.2. The molecule has 1 aliphatic heterocycles. The fraction of sp³-hybridized carbons (Fsp3) is 0.167. The van der Waals surface area contributed by atoms with Crippen LogP contribution in [-0.2, 0) is 9.08 Å². The van der Waals surface area contributed by atoms with Crippen molar-refractivity contribution >= 4 is 46.6 Å². The number of halogens is 3. The van der Waals surface area contributed by atoms with Crippen LogP contribution >= 0.6 is 12.0 Å². The van der Waals surface area contributed by atoms with E-state index in [1.165, 1.54) is 29.2 Å². The minimum atomic E-state index is -4.78. The molecule has 0 unspecified atom stereocenters. The van der Waals surface area contributed by atoms with Crippen molar-refractivity contribution in [2.75, 3.05) is 14.1 Å². The van der Waals surface area contributed by atoms with Crippen LogP contribution in [0.4, 0.5) is 13.2 Å². The maximum atomic E-state index is 12.5. The van der Waals surface area contributed by atoms with Crippen molar-refractivity contribution in [3.8, 4) is 0 Å². The summed E-state index contributed by atoms with van der Waals surface area (Å²) in [6, 6.07) is 7.52. The third-order valence-electron chi connectivity index (χ3n) is 3.96. The molecule has 3 amide bonds. The Morgan fingerprint density at radius 1 is 1.11 bits per heavy atom. The van der Waals surface area contributed by atoms with Gasteiger partial charge in [0.1, 0.15) is 12.0 Å². The molecule has 3 rings (SSSR count). The van der Waals surface area contributed by atoms with E-state index in [1.807, 2.05) is 0 Å². The lowest BCUT2D eigenvalue weighted by atomic mass is 9.92. The van der Waals surface area contributed by atoms with Crippen LogP contribution in [0.3, 0.4) is 0 Å². The molecule has 1 heterocycles. The van der Waals surface area contributed by atoms with Crippen molar-refractivity contribution in [3.05, 3.63) is 53.1 Å². The summed E-state index contributed by atoms with van der Waals surface area (Å²) in [5.41, 5.74) is -4.14. The van der Waals surface area contributed by atoms with Crippen molar-refractivity contribution in [3.63, 3.8) is 0 Å². The highest BCUT2D eigenvalue weighted by Crippen LogP contribution is 2.37. The van der Waals surface area contributed by atoms with E-state index in [-0.39, 0.29) is 22.1 Å². The lowest BCUT2D eigenvalue weighted by Gasteiger charge is -2.25. The molecule has 0 bridgehead atoms. The number of hydrogen-bond donors (Lipinski definition) is 0. The number of carbonyl (C=O) groups is 3. The van der Waals surface area contributed by atoms with E-state index < -0.39 is 29.4 Å². The van der Waals surface area contributed by atoms with Gasteiger partial charge in [-0.2, -0.15) is 17.5 Å². The van der Waals surface area contributed by atoms with E-state index in [0.717, 1.165) is 0 Å². The zero-order valence-electron chi connectivity index (χ0n) is 14.6. The highest BCUT2D eigenvalue weighted by molar-refractivity contribution is 7.95. The number of benzene rings is 2. The third-order valence-corrected chi connectivity index (χ3v) is 4.37. The molecule has 2 aromatic carbocycles. The Morgan fingerprint density at radius 2 is 1.75 bits per heavy atom. The number of hydrogen-bond acceptors (Lipinski definition) is 5. The average Bonchev–Trinajstić information content (AvgIpc) is 2.63. The molecule has 0 saturated carbocycles. The van der Waals surface area contributed by atoms with Crippen LogP contribution in [0.2, 0.25) is 0 Å². The molecule has 0 aromatic heterocycles. The second-order valence-electron chi connectivity index (χ2n) is 6.00. The van der Waals surface area contributed by atoms with Crippen LogP contribution in [0, 0.1) is 0 Å². The maximum Gasteiger partial charge on any atom is 0.470 e. The average molecular weight is 410 g/mol. The van der Waals surface area contributed by atoms with Gasteiger partial charge in [-0.05, 0) is 29.2 Å². The van der Waals surface area contributed by atoms with Crippen molar-refractivity contribution in [1.29, 1.82) is 0 Å². The molecule has 0 radical (unpaired) electrons.